The Kier molecular flexibility index (Phi) is 8.26. The van der Waals surface area contributed by atoms with Gasteiger partial charge in [0.2, 0.25) is 0 Å². The van der Waals surface area contributed by atoms with E-state index < -0.39 is 0 Å². The van der Waals surface area contributed by atoms with E-state index in [0.29, 0.717) is 28.5 Å². The van der Waals surface area contributed by atoms with Crippen LogP contribution in [0.4, 0.5) is 5.69 Å². The highest BCUT2D eigenvalue weighted by Gasteiger charge is 2.22. The average molecular weight is 518 g/mol. The zero-order chi connectivity index (χ0) is 23.3. The number of anilines is 1. The van der Waals surface area contributed by atoms with Crippen LogP contribution in [0.2, 0.25) is 0 Å². The van der Waals surface area contributed by atoms with E-state index in [0.717, 1.165) is 30.4 Å². The number of nitrogens with zero attached hydrogens (tertiary/aromatic N) is 1. The van der Waals surface area contributed by atoms with Crippen molar-refractivity contribution in [2.45, 2.75) is 39.7 Å². The maximum atomic E-state index is 12.8. The number of ether oxygens (including phenoxy) is 1. The Balaban J connectivity index is 1.65. The van der Waals surface area contributed by atoms with Gasteiger partial charge in [-0.1, -0.05) is 28.9 Å². The molecule has 0 radical (unpaired) electrons. The standard InChI is InChI=1S/C24H28BrN3O3S/c1-15(2)31-21-8-7-18(25)14-20(21)22(29)27-24(32)26-19-6-4-5-17(13-19)23(30)28-11-9-16(3)10-12-28/h4-8,13-16H,9-12H2,1-3H3,(H2,26,27,29,32). The molecule has 32 heavy (non-hydrogen) atoms. The van der Waals surface area contributed by atoms with E-state index in [4.69, 9.17) is 17.0 Å². The molecule has 0 aliphatic carbocycles. The van der Waals surface area contributed by atoms with Crippen LogP contribution in [0.25, 0.3) is 0 Å². The summed E-state index contributed by atoms with van der Waals surface area (Å²) in [6.07, 6.45) is 1.98. The molecule has 0 bridgehead atoms. The molecular formula is C24H28BrN3O3S. The summed E-state index contributed by atoms with van der Waals surface area (Å²) >= 11 is 8.72. The summed E-state index contributed by atoms with van der Waals surface area (Å²) in [4.78, 5) is 27.5. The van der Waals surface area contributed by atoms with Crippen LogP contribution in [0.5, 0.6) is 5.75 Å². The van der Waals surface area contributed by atoms with Gasteiger partial charge in [0.1, 0.15) is 5.75 Å². The minimum Gasteiger partial charge on any atom is -0.490 e. The fourth-order valence-corrected chi connectivity index (χ4v) is 4.07. The van der Waals surface area contributed by atoms with E-state index in [9.17, 15) is 9.59 Å². The van der Waals surface area contributed by atoms with Crippen LogP contribution in [0.3, 0.4) is 0 Å². The number of carbonyl (C=O) groups is 2. The van der Waals surface area contributed by atoms with E-state index in [2.05, 4.69) is 33.5 Å². The molecule has 0 spiro atoms. The number of likely N-dealkylation sites (tertiary alicyclic amines) is 1. The minimum absolute atomic E-state index is 0.0140. The van der Waals surface area contributed by atoms with Crippen molar-refractivity contribution in [1.29, 1.82) is 0 Å². The van der Waals surface area contributed by atoms with Gasteiger partial charge in [0.25, 0.3) is 11.8 Å². The molecule has 1 heterocycles. The molecule has 2 amide bonds. The van der Waals surface area contributed by atoms with Crippen LogP contribution in [0.1, 0.15) is 54.3 Å². The van der Waals surface area contributed by atoms with Crippen LogP contribution in [-0.2, 0) is 0 Å². The molecule has 1 fully saturated rings. The maximum Gasteiger partial charge on any atom is 0.261 e. The number of benzene rings is 2. The van der Waals surface area contributed by atoms with Crippen molar-refractivity contribution in [3.63, 3.8) is 0 Å². The number of piperidine rings is 1. The maximum absolute atomic E-state index is 12.8. The van der Waals surface area contributed by atoms with Gasteiger partial charge < -0.3 is 15.0 Å². The summed E-state index contributed by atoms with van der Waals surface area (Å²) in [5.41, 5.74) is 1.61. The predicted octanol–water partition coefficient (Wildman–Crippen LogP) is 5.24. The van der Waals surface area contributed by atoms with Crippen molar-refractivity contribution in [2.24, 2.45) is 5.92 Å². The first-order valence-corrected chi connectivity index (χ1v) is 11.9. The van der Waals surface area contributed by atoms with E-state index in [1.165, 1.54) is 0 Å². The molecule has 2 aromatic carbocycles. The van der Waals surface area contributed by atoms with Gasteiger partial charge in [0.15, 0.2) is 5.11 Å². The first kappa shape index (κ1) is 24.2. The number of amides is 2. The van der Waals surface area contributed by atoms with Crippen molar-refractivity contribution in [3.05, 3.63) is 58.1 Å². The highest BCUT2D eigenvalue weighted by molar-refractivity contribution is 9.10. The van der Waals surface area contributed by atoms with Crippen LogP contribution in [0.15, 0.2) is 46.9 Å². The van der Waals surface area contributed by atoms with Gasteiger partial charge in [0, 0.05) is 28.8 Å². The van der Waals surface area contributed by atoms with Gasteiger partial charge in [-0.25, -0.2) is 0 Å². The highest BCUT2D eigenvalue weighted by atomic mass is 79.9. The second-order valence-electron chi connectivity index (χ2n) is 8.27. The van der Waals surface area contributed by atoms with E-state index >= 15 is 0 Å². The fourth-order valence-electron chi connectivity index (χ4n) is 3.49. The molecule has 0 atom stereocenters. The molecule has 0 aromatic heterocycles. The summed E-state index contributed by atoms with van der Waals surface area (Å²) in [6, 6.07) is 12.4. The van der Waals surface area contributed by atoms with Crippen molar-refractivity contribution >= 4 is 50.8 Å². The van der Waals surface area contributed by atoms with Gasteiger partial charge in [-0.3, -0.25) is 14.9 Å². The summed E-state index contributed by atoms with van der Waals surface area (Å²) in [5, 5.41) is 5.83. The predicted molar refractivity (Wildman–Crippen MR) is 134 cm³/mol. The quantitative estimate of drug-likeness (QED) is 0.531. The van der Waals surface area contributed by atoms with Crippen molar-refractivity contribution in [1.82, 2.24) is 10.2 Å². The minimum atomic E-state index is -0.380. The van der Waals surface area contributed by atoms with E-state index in [-0.39, 0.29) is 23.0 Å². The van der Waals surface area contributed by atoms with Crippen LogP contribution >= 0.6 is 28.1 Å². The summed E-state index contributed by atoms with van der Waals surface area (Å²) in [6.45, 7) is 7.57. The largest absolute Gasteiger partial charge is 0.490 e. The molecule has 1 saturated heterocycles. The molecule has 6 nitrogen and oxygen atoms in total. The summed E-state index contributed by atoms with van der Waals surface area (Å²) in [7, 11) is 0. The van der Waals surface area contributed by atoms with Crippen molar-refractivity contribution < 1.29 is 14.3 Å². The van der Waals surface area contributed by atoms with Gasteiger partial charge in [-0.2, -0.15) is 0 Å². The average Bonchev–Trinajstić information content (AvgIpc) is 2.74. The molecule has 170 valence electrons. The molecule has 1 aliphatic rings. The first-order valence-electron chi connectivity index (χ1n) is 10.7. The van der Waals surface area contributed by atoms with Crippen LogP contribution in [-0.4, -0.2) is 41.0 Å². The zero-order valence-corrected chi connectivity index (χ0v) is 20.9. The van der Waals surface area contributed by atoms with Crippen molar-refractivity contribution in [3.8, 4) is 5.75 Å². The molecule has 3 rings (SSSR count). The lowest BCUT2D eigenvalue weighted by molar-refractivity contribution is 0.0697. The molecule has 8 heteroatoms. The van der Waals surface area contributed by atoms with Crippen LogP contribution < -0.4 is 15.4 Å². The van der Waals surface area contributed by atoms with Crippen LogP contribution in [0, 0.1) is 5.92 Å². The Morgan fingerprint density at radius 1 is 1.16 bits per heavy atom. The number of thiocarbonyl (C=S) groups is 1. The number of hydrogen-bond acceptors (Lipinski definition) is 4. The Morgan fingerprint density at radius 3 is 2.56 bits per heavy atom. The molecular weight excluding hydrogens is 490 g/mol. The third-order valence-corrected chi connectivity index (χ3v) is 5.91. The Labute approximate surface area is 202 Å². The molecule has 0 saturated carbocycles. The Morgan fingerprint density at radius 2 is 1.88 bits per heavy atom. The van der Waals surface area contributed by atoms with Gasteiger partial charge in [0.05, 0.1) is 11.7 Å². The summed E-state index contributed by atoms with van der Waals surface area (Å²) in [5.74, 6) is 0.769. The first-order chi connectivity index (χ1) is 15.2. The van der Waals surface area contributed by atoms with Gasteiger partial charge in [-0.15, -0.1) is 0 Å². The number of rotatable bonds is 5. The fraction of sp³-hybridized carbons (Fsp3) is 0.375. The SMILES string of the molecule is CC1CCN(C(=O)c2cccc(NC(=S)NC(=O)c3cc(Br)ccc3OC(C)C)c2)CC1. The third-order valence-electron chi connectivity index (χ3n) is 5.21. The second-order valence-corrected chi connectivity index (χ2v) is 9.59. The van der Waals surface area contributed by atoms with E-state index in [1.54, 1.807) is 36.4 Å². The lowest BCUT2D eigenvalue weighted by Crippen LogP contribution is -2.38. The molecule has 2 N–H and O–H groups in total. The van der Waals surface area contributed by atoms with Crippen molar-refractivity contribution in [2.75, 3.05) is 18.4 Å². The smallest absolute Gasteiger partial charge is 0.261 e. The Bertz CT molecular complexity index is 1000. The molecule has 1 aliphatic heterocycles. The normalized spacial score (nSPS) is 14.2. The lowest BCUT2D eigenvalue weighted by Gasteiger charge is -2.30. The summed E-state index contributed by atoms with van der Waals surface area (Å²) < 4.78 is 6.50. The highest BCUT2D eigenvalue weighted by Crippen LogP contribution is 2.24. The number of hydrogen-bond donors (Lipinski definition) is 2. The van der Waals surface area contributed by atoms with Gasteiger partial charge >= 0.3 is 0 Å². The van der Waals surface area contributed by atoms with E-state index in [1.807, 2.05) is 24.8 Å². The number of halogens is 1. The number of nitrogens with one attached hydrogen (secondary N) is 2. The van der Waals surface area contributed by atoms with Gasteiger partial charge in [-0.05, 0) is 81.2 Å². The topological polar surface area (TPSA) is 70.7 Å². The lowest BCUT2D eigenvalue weighted by atomic mass is 9.98. The second kappa shape index (κ2) is 10.9. The zero-order valence-electron chi connectivity index (χ0n) is 18.5. The Hall–Kier alpha value is -2.45. The monoisotopic (exact) mass is 517 g/mol. The molecule has 2 aromatic rings. The third kappa shape index (κ3) is 6.53. The molecule has 0 unspecified atom stereocenters. The number of carbonyl (C=O) groups excluding carboxylic acids is 2.